The molecule has 0 bridgehead atoms. The van der Waals surface area contributed by atoms with Gasteiger partial charge in [-0.3, -0.25) is 4.79 Å². The Morgan fingerprint density at radius 1 is 1.42 bits per heavy atom. The third-order valence-electron chi connectivity index (χ3n) is 3.47. The maximum Gasteiger partial charge on any atom is 0.252 e. The predicted molar refractivity (Wildman–Crippen MR) is 86.2 cm³/mol. The molecule has 0 aliphatic heterocycles. The lowest BCUT2D eigenvalue weighted by Gasteiger charge is -2.25. The Bertz CT molecular complexity index is 467. The summed E-state index contributed by atoms with van der Waals surface area (Å²) in [5, 5.41) is 3.47. The van der Waals surface area contributed by atoms with Crippen LogP contribution in [0.4, 0.5) is 0 Å². The van der Waals surface area contributed by atoms with Crippen LogP contribution in [-0.4, -0.2) is 17.3 Å². The number of rotatable bonds is 3. The molecule has 1 aliphatic carbocycles. The second kappa shape index (κ2) is 7.09. The van der Waals surface area contributed by atoms with Crippen molar-refractivity contribution < 1.29 is 4.79 Å². The van der Waals surface area contributed by atoms with Gasteiger partial charge >= 0.3 is 0 Å². The second-order valence-corrected chi connectivity index (χ2v) is 7.47. The van der Waals surface area contributed by atoms with Crippen LogP contribution < -0.4 is 5.32 Å². The number of alkyl halides is 1. The van der Waals surface area contributed by atoms with E-state index < -0.39 is 0 Å². The van der Waals surface area contributed by atoms with Crippen LogP contribution in [0.15, 0.2) is 22.7 Å². The molecule has 104 valence electrons. The van der Waals surface area contributed by atoms with E-state index in [9.17, 15) is 4.79 Å². The van der Waals surface area contributed by atoms with Crippen LogP contribution in [0.5, 0.6) is 0 Å². The summed E-state index contributed by atoms with van der Waals surface area (Å²) < 4.78 is 0.750. The van der Waals surface area contributed by atoms with Crippen LogP contribution in [0.3, 0.4) is 0 Å². The molecule has 2 rings (SSSR count). The lowest BCUT2D eigenvalue weighted by molar-refractivity contribution is 0.0944. The Labute approximate surface area is 135 Å². The third-order valence-corrected chi connectivity index (χ3v) is 5.59. The van der Waals surface area contributed by atoms with Gasteiger partial charge in [-0.05, 0) is 53.2 Å². The van der Waals surface area contributed by atoms with E-state index in [0.717, 1.165) is 17.4 Å². The van der Waals surface area contributed by atoms with Gasteiger partial charge in [0, 0.05) is 15.8 Å². The molecule has 1 aromatic rings. The molecule has 2 nitrogen and oxygen atoms in total. The number of hydrogen-bond donors (Lipinski definition) is 1. The average Bonchev–Trinajstić information content (AvgIpc) is 2.39. The van der Waals surface area contributed by atoms with Crippen molar-refractivity contribution in [1.82, 2.24) is 5.32 Å². The number of benzene rings is 1. The van der Waals surface area contributed by atoms with Gasteiger partial charge in [-0.15, -0.1) is 0 Å². The Morgan fingerprint density at radius 2 is 2.21 bits per heavy atom. The number of carbonyl (C=O) groups excluding carboxylic acids is 1. The van der Waals surface area contributed by atoms with Crippen LogP contribution in [0.2, 0.25) is 5.02 Å². The number of hydrogen-bond acceptors (Lipinski definition) is 1. The first-order chi connectivity index (χ1) is 9.08. The molecule has 0 spiro atoms. The Kier molecular flexibility index (Phi) is 5.72. The zero-order valence-electron chi connectivity index (χ0n) is 10.5. The van der Waals surface area contributed by atoms with E-state index in [4.69, 9.17) is 11.6 Å². The van der Waals surface area contributed by atoms with Gasteiger partial charge in [-0.1, -0.05) is 40.0 Å². The summed E-state index contributed by atoms with van der Waals surface area (Å²) in [4.78, 5) is 12.7. The van der Waals surface area contributed by atoms with Crippen LogP contribution in [0, 0.1) is 5.92 Å². The molecular formula is C14H16Br2ClNO. The topological polar surface area (TPSA) is 29.1 Å². The van der Waals surface area contributed by atoms with Crippen LogP contribution in [-0.2, 0) is 0 Å². The van der Waals surface area contributed by atoms with Crippen LogP contribution >= 0.6 is 43.5 Å². The fourth-order valence-electron chi connectivity index (χ4n) is 2.42. The summed E-state index contributed by atoms with van der Waals surface area (Å²) in [6, 6.07) is 5.40. The van der Waals surface area contributed by atoms with Crippen molar-refractivity contribution in [2.24, 2.45) is 5.92 Å². The Morgan fingerprint density at radius 3 is 2.95 bits per heavy atom. The van der Waals surface area contributed by atoms with Gasteiger partial charge in [-0.2, -0.15) is 0 Å². The summed E-state index contributed by atoms with van der Waals surface area (Å²) in [6.45, 7) is 0.726. The largest absolute Gasteiger partial charge is 0.352 e. The minimum Gasteiger partial charge on any atom is -0.352 e. The van der Waals surface area contributed by atoms with Crippen molar-refractivity contribution in [3.8, 4) is 0 Å². The highest BCUT2D eigenvalue weighted by Crippen LogP contribution is 2.29. The quantitative estimate of drug-likeness (QED) is 0.715. The van der Waals surface area contributed by atoms with Crippen molar-refractivity contribution in [2.75, 3.05) is 6.54 Å². The molecule has 0 heterocycles. The van der Waals surface area contributed by atoms with Crippen molar-refractivity contribution >= 4 is 49.4 Å². The van der Waals surface area contributed by atoms with Crippen molar-refractivity contribution in [1.29, 1.82) is 0 Å². The fourth-order valence-corrected chi connectivity index (χ4v) is 3.85. The van der Waals surface area contributed by atoms with Crippen molar-refractivity contribution in [2.45, 2.75) is 30.5 Å². The number of halogens is 3. The van der Waals surface area contributed by atoms with Gasteiger partial charge in [0.1, 0.15) is 0 Å². The normalized spacial score (nSPS) is 23.1. The zero-order chi connectivity index (χ0) is 13.8. The van der Waals surface area contributed by atoms with E-state index in [1.165, 1.54) is 19.3 Å². The SMILES string of the molecule is O=C(NCC1CCCC(Br)C1)c1cccc(Br)c1Cl. The highest BCUT2D eigenvalue weighted by molar-refractivity contribution is 9.10. The number of nitrogens with one attached hydrogen (secondary N) is 1. The molecule has 1 saturated carbocycles. The summed E-state index contributed by atoms with van der Waals surface area (Å²) in [6.07, 6.45) is 4.79. The summed E-state index contributed by atoms with van der Waals surface area (Å²) in [5.41, 5.74) is 0.530. The zero-order valence-corrected chi connectivity index (χ0v) is 14.4. The fraction of sp³-hybridized carbons (Fsp3) is 0.500. The number of carbonyl (C=O) groups is 1. The Hall–Kier alpha value is -0.0600. The van der Waals surface area contributed by atoms with Gasteiger partial charge in [0.25, 0.3) is 5.91 Å². The molecular weight excluding hydrogens is 393 g/mol. The molecule has 2 unspecified atom stereocenters. The first kappa shape index (κ1) is 15.3. The third kappa shape index (κ3) is 4.20. The van der Waals surface area contributed by atoms with E-state index in [-0.39, 0.29) is 5.91 Å². The van der Waals surface area contributed by atoms with Gasteiger partial charge < -0.3 is 5.32 Å². The molecule has 0 saturated heterocycles. The molecule has 1 aromatic carbocycles. The molecule has 1 aliphatic rings. The summed E-state index contributed by atoms with van der Waals surface area (Å²) in [7, 11) is 0. The maximum absolute atomic E-state index is 12.1. The van der Waals surface area contributed by atoms with Crippen LogP contribution in [0.1, 0.15) is 36.0 Å². The molecule has 2 atom stereocenters. The molecule has 1 N–H and O–H groups in total. The monoisotopic (exact) mass is 407 g/mol. The van der Waals surface area contributed by atoms with Crippen molar-refractivity contribution in [3.05, 3.63) is 33.3 Å². The minimum atomic E-state index is -0.0944. The van der Waals surface area contributed by atoms with Gasteiger partial charge in [-0.25, -0.2) is 0 Å². The van der Waals surface area contributed by atoms with Gasteiger partial charge in [0.2, 0.25) is 0 Å². The first-order valence-electron chi connectivity index (χ1n) is 6.44. The minimum absolute atomic E-state index is 0.0944. The Balaban J connectivity index is 1.92. The lowest BCUT2D eigenvalue weighted by atomic mass is 9.89. The standard InChI is InChI=1S/C14H16Br2ClNO/c15-10-4-1-3-9(7-10)8-18-14(19)11-5-2-6-12(16)13(11)17/h2,5-6,9-10H,1,3-4,7-8H2,(H,18,19). The number of amides is 1. The lowest BCUT2D eigenvalue weighted by Crippen LogP contribution is -2.32. The molecule has 1 fully saturated rings. The van der Waals surface area contributed by atoms with E-state index in [1.807, 2.05) is 12.1 Å². The smallest absolute Gasteiger partial charge is 0.252 e. The van der Waals surface area contributed by atoms with Crippen molar-refractivity contribution in [3.63, 3.8) is 0 Å². The van der Waals surface area contributed by atoms with Gasteiger partial charge in [0.05, 0.1) is 10.6 Å². The van der Waals surface area contributed by atoms with Gasteiger partial charge in [0.15, 0.2) is 0 Å². The summed E-state index contributed by atoms with van der Waals surface area (Å²) >= 11 is 13.1. The first-order valence-corrected chi connectivity index (χ1v) is 8.53. The molecule has 19 heavy (non-hydrogen) atoms. The highest BCUT2D eigenvalue weighted by Gasteiger charge is 2.21. The molecule has 0 radical (unpaired) electrons. The summed E-state index contributed by atoms with van der Waals surface area (Å²) in [5.74, 6) is 0.469. The predicted octanol–water partition coefficient (Wildman–Crippen LogP) is 4.79. The van der Waals surface area contributed by atoms with E-state index in [0.29, 0.717) is 21.3 Å². The average molecular weight is 410 g/mol. The van der Waals surface area contributed by atoms with Crippen LogP contribution in [0.25, 0.3) is 0 Å². The maximum atomic E-state index is 12.1. The van der Waals surface area contributed by atoms with E-state index in [1.54, 1.807) is 6.07 Å². The highest BCUT2D eigenvalue weighted by atomic mass is 79.9. The van der Waals surface area contributed by atoms with E-state index >= 15 is 0 Å². The van der Waals surface area contributed by atoms with E-state index in [2.05, 4.69) is 37.2 Å². The molecule has 5 heteroatoms. The molecule has 1 amide bonds. The molecule has 0 aromatic heterocycles. The second-order valence-electron chi connectivity index (χ2n) is 4.94.